The standard InChI is InChI=1S/C23H16F3N3O3/c24-23(25,26)17-4-1-3-16(13-17)18-6-7-20(32-18)22(30)29-21-19(5-2-10-28-21)31-14-15-8-11-27-12-9-15/h1-13H,14H2,(H,28,29,30). The second-order valence-electron chi connectivity index (χ2n) is 6.69. The highest BCUT2D eigenvalue weighted by Gasteiger charge is 2.30. The van der Waals surface area contributed by atoms with Gasteiger partial charge in [0.1, 0.15) is 12.4 Å². The molecule has 3 aromatic heterocycles. The van der Waals surface area contributed by atoms with Crippen molar-refractivity contribution >= 4 is 11.7 Å². The number of hydrogen-bond acceptors (Lipinski definition) is 5. The molecular weight excluding hydrogens is 423 g/mol. The Bertz CT molecular complexity index is 1220. The Morgan fingerprint density at radius 1 is 1.00 bits per heavy atom. The smallest absolute Gasteiger partial charge is 0.416 e. The molecule has 32 heavy (non-hydrogen) atoms. The molecule has 0 fully saturated rings. The van der Waals surface area contributed by atoms with E-state index in [1.165, 1.54) is 30.5 Å². The van der Waals surface area contributed by atoms with E-state index in [1.54, 1.807) is 36.7 Å². The van der Waals surface area contributed by atoms with E-state index in [4.69, 9.17) is 9.15 Å². The number of pyridine rings is 2. The maximum absolute atomic E-state index is 13.0. The lowest BCUT2D eigenvalue weighted by molar-refractivity contribution is -0.137. The monoisotopic (exact) mass is 439 g/mol. The van der Waals surface area contributed by atoms with Crippen molar-refractivity contribution in [1.82, 2.24) is 9.97 Å². The number of carbonyl (C=O) groups is 1. The van der Waals surface area contributed by atoms with Crippen LogP contribution < -0.4 is 10.1 Å². The van der Waals surface area contributed by atoms with Gasteiger partial charge in [0.05, 0.1) is 5.56 Å². The second-order valence-corrected chi connectivity index (χ2v) is 6.69. The Morgan fingerprint density at radius 3 is 2.59 bits per heavy atom. The van der Waals surface area contributed by atoms with Crippen molar-refractivity contribution in [1.29, 1.82) is 0 Å². The number of aromatic nitrogens is 2. The molecule has 0 aliphatic heterocycles. The van der Waals surface area contributed by atoms with Crippen LogP contribution >= 0.6 is 0 Å². The molecule has 162 valence electrons. The van der Waals surface area contributed by atoms with Crippen LogP contribution in [0.3, 0.4) is 0 Å². The van der Waals surface area contributed by atoms with Crippen molar-refractivity contribution < 1.29 is 27.1 Å². The third-order valence-corrected chi connectivity index (χ3v) is 4.45. The van der Waals surface area contributed by atoms with Crippen LogP contribution in [0.5, 0.6) is 5.75 Å². The Morgan fingerprint density at radius 2 is 1.81 bits per heavy atom. The number of nitrogens with one attached hydrogen (secondary N) is 1. The van der Waals surface area contributed by atoms with Gasteiger partial charge in [-0.2, -0.15) is 13.2 Å². The molecule has 0 radical (unpaired) electrons. The molecule has 4 aromatic rings. The zero-order chi connectivity index (χ0) is 22.6. The summed E-state index contributed by atoms with van der Waals surface area (Å²) in [7, 11) is 0. The molecule has 6 nitrogen and oxygen atoms in total. The minimum Gasteiger partial charge on any atom is -0.485 e. The van der Waals surface area contributed by atoms with Gasteiger partial charge in [0, 0.05) is 24.2 Å². The number of nitrogens with zero attached hydrogens (tertiary/aromatic N) is 2. The molecule has 0 unspecified atom stereocenters. The van der Waals surface area contributed by atoms with Crippen molar-refractivity contribution in [3.8, 4) is 17.1 Å². The number of furan rings is 1. The summed E-state index contributed by atoms with van der Waals surface area (Å²) in [4.78, 5) is 20.7. The van der Waals surface area contributed by atoms with Gasteiger partial charge in [-0.15, -0.1) is 0 Å². The van der Waals surface area contributed by atoms with Crippen LogP contribution in [0.1, 0.15) is 21.7 Å². The summed E-state index contributed by atoms with van der Waals surface area (Å²) in [5, 5.41) is 2.60. The fraction of sp³-hybridized carbons (Fsp3) is 0.0870. The predicted molar refractivity (Wildman–Crippen MR) is 110 cm³/mol. The van der Waals surface area contributed by atoms with E-state index in [2.05, 4.69) is 15.3 Å². The Labute approximate surface area is 180 Å². The number of carbonyl (C=O) groups excluding carboxylic acids is 1. The molecule has 0 aliphatic carbocycles. The van der Waals surface area contributed by atoms with Crippen LogP contribution in [0.2, 0.25) is 0 Å². The van der Waals surface area contributed by atoms with Crippen LogP contribution in [0.25, 0.3) is 11.3 Å². The van der Waals surface area contributed by atoms with Gasteiger partial charge in [-0.05, 0) is 54.1 Å². The number of benzene rings is 1. The van der Waals surface area contributed by atoms with Crippen molar-refractivity contribution in [2.75, 3.05) is 5.32 Å². The van der Waals surface area contributed by atoms with E-state index in [0.717, 1.165) is 17.7 Å². The summed E-state index contributed by atoms with van der Waals surface area (Å²) < 4.78 is 50.1. The minimum absolute atomic E-state index is 0.0804. The highest BCUT2D eigenvalue weighted by molar-refractivity contribution is 6.02. The van der Waals surface area contributed by atoms with E-state index in [-0.39, 0.29) is 29.5 Å². The SMILES string of the molecule is O=C(Nc1ncccc1OCc1ccncc1)c1ccc(-c2cccc(C(F)(F)F)c2)o1. The quantitative estimate of drug-likeness (QED) is 0.424. The van der Waals surface area contributed by atoms with Gasteiger partial charge in [0.15, 0.2) is 17.3 Å². The molecule has 4 rings (SSSR count). The first kappa shape index (κ1) is 21.1. The Balaban J connectivity index is 1.48. The molecule has 0 atom stereocenters. The van der Waals surface area contributed by atoms with E-state index in [9.17, 15) is 18.0 Å². The lowest BCUT2D eigenvalue weighted by Gasteiger charge is -2.11. The van der Waals surface area contributed by atoms with Crippen molar-refractivity contribution in [2.45, 2.75) is 12.8 Å². The third-order valence-electron chi connectivity index (χ3n) is 4.45. The number of ether oxygens (including phenoxy) is 1. The summed E-state index contributed by atoms with van der Waals surface area (Å²) in [5.41, 5.74) is 0.290. The molecule has 1 amide bonds. The molecule has 1 N–H and O–H groups in total. The van der Waals surface area contributed by atoms with Gasteiger partial charge >= 0.3 is 6.18 Å². The molecule has 1 aromatic carbocycles. The van der Waals surface area contributed by atoms with Crippen LogP contribution in [-0.4, -0.2) is 15.9 Å². The number of amides is 1. The second kappa shape index (κ2) is 8.93. The maximum atomic E-state index is 13.0. The predicted octanol–water partition coefficient (Wildman–Crippen LogP) is 5.59. The fourth-order valence-electron chi connectivity index (χ4n) is 2.87. The van der Waals surface area contributed by atoms with Gasteiger partial charge < -0.3 is 14.5 Å². The number of hydrogen-bond donors (Lipinski definition) is 1. The topological polar surface area (TPSA) is 77.2 Å². The van der Waals surface area contributed by atoms with Gasteiger partial charge in [0.2, 0.25) is 0 Å². The lowest BCUT2D eigenvalue weighted by atomic mass is 10.1. The summed E-state index contributed by atoms with van der Waals surface area (Å²) in [6.07, 6.45) is 0.298. The minimum atomic E-state index is -4.48. The largest absolute Gasteiger partial charge is 0.485 e. The zero-order valence-electron chi connectivity index (χ0n) is 16.5. The molecule has 0 aliphatic rings. The van der Waals surface area contributed by atoms with Crippen LogP contribution in [0.4, 0.5) is 19.0 Å². The summed E-state index contributed by atoms with van der Waals surface area (Å²) >= 11 is 0. The fourth-order valence-corrected chi connectivity index (χ4v) is 2.87. The van der Waals surface area contributed by atoms with Crippen molar-refractivity contribution in [3.63, 3.8) is 0 Å². The molecule has 0 saturated carbocycles. The van der Waals surface area contributed by atoms with Crippen LogP contribution in [0, 0.1) is 0 Å². The molecule has 0 saturated heterocycles. The van der Waals surface area contributed by atoms with Gasteiger partial charge in [-0.3, -0.25) is 9.78 Å². The first-order valence-corrected chi connectivity index (χ1v) is 9.46. The molecule has 0 spiro atoms. The van der Waals surface area contributed by atoms with Crippen LogP contribution in [-0.2, 0) is 12.8 Å². The number of anilines is 1. The van der Waals surface area contributed by atoms with E-state index >= 15 is 0 Å². The Kier molecular flexibility index (Phi) is 5.89. The van der Waals surface area contributed by atoms with Gasteiger partial charge in [0.25, 0.3) is 5.91 Å². The Hall–Kier alpha value is -4.14. The molecular formula is C23H16F3N3O3. The highest BCUT2D eigenvalue weighted by Crippen LogP contribution is 2.33. The average Bonchev–Trinajstić information content (AvgIpc) is 3.29. The summed E-state index contributed by atoms with van der Waals surface area (Å²) in [5.74, 6) is -0.0267. The lowest BCUT2D eigenvalue weighted by Crippen LogP contribution is -2.13. The summed E-state index contributed by atoms with van der Waals surface area (Å²) in [6.45, 7) is 0.248. The summed E-state index contributed by atoms with van der Waals surface area (Å²) in [6, 6.07) is 14.4. The number of rotatable bonds is 6. The van der Waals surface area contributed by atoms with E-state index in [0.29, 0.717) is 5.75 Å². The van der Waals surface area contributed by atoms with Crippen molar-refractivity contribution in [2.24, 2.45) is 0 Å². The maximum Gasteiger partial charge on any atom is 0.416 e. The molecule has 9 heteroatoms. The number of halogens is 3. The van der Waals surface area contributed by atoms with Gasteiger partial charge in [-0.25, -0.2) is 4.98 Å². The highest BCUT2D eigenvalue weighted by atomic mass is 19.4. The average molecular weight is 439 g/mol. The van der Waals surface area contributed by atoms with Crippen molar-refractivity contribution in [3.05, 3.63) is 96.1 Å². The van der Waals surface area contributed by atoms with Gasteiger partial charge in [-0.1, -0.05) is 12.1 Å². The third kappa shape index (κ3) is 4.94. The number of alkyl halides is 3. The zero-order valence-corrected chi connectivity index (χ0v) is 16.5. The van der Waals surface area contributed by atoms with Crippen LogP contribution in [0.15, 0.2) is 83.7 Å². The first-order chi connectivity index (χ1) is 15.4. The van der Waals surface area contributed by atoms with E-state index < -0.39 is 17.6 Å². The normalized spacial score (nSPS) is 11.2. The molecule has 0 bridgehead atoms. The molecule has 3 heterocycles. The first-order valence-electron chi connectivity index (χ1n) is 9.46. The van der Waals surface area contributed by atoms with E-state index in [1.807, 2.05) is 0 Å².